The summed E-state index contributed by atoms with van der Waals surface area (Å²) in [6.07, 6.45) is 2.17. The summed E-state index contributed by atoms with van der Waals surface area (Å²) >= 11 is 1.56. The molecule has 4 atom stereocenters. The predicted octanol–water partition coefficient (Wildman–Crippen LogP) is 6.74. The number of Topliss-reactive ketones (excluding diaryl/α,β-unsaturated/α-hetero) is 1. The highest BCUT2D eigenvalue weighted by Crippen LogP contribution is 2.32. The van der Waals surface area contributed by atoms with E-state index in [1.165, 1.54) is 11.0 Å². The van der Waals surface area contributed by atoms with Crippen molar-refractivity contribution in [1.82, 2.24) is 35.5 Å². The predicted molar refractivity (Wildman–Crippen MR) is 248 cm³/mol. The number of likely N-dealkylation sites (tertiary alicyclic amines) is 1. The van der Waals surface area contributed by atoms with E-state index in [1.807, 2.05) is 85.7 Å². The second-order valence-electron chi connectivity index (χ2n) is 17.8. The van der Waals surface area contributed by atoms with E-state index in [2.05, 4.69) is 30.6 Å². The highest BCUT2D eigenvalue weighted by molar-refractivity contribution is 7.13. The maximum Gasteiger partial charge on any atom is 0.246 e. The van der Waals surface area contributed by atoms with Crippen LogP contribution in [0.15, 0.2) is 54.2 Å². The van der Waals surface area contributed by atoms with Gasteiger partial charge in [-0.2, -0.15) is 0 Å². The minimum Gasteiger partial charge on any atom is -0.391 e. The zero-order valence-electron chi connectivity index (χ0n) is 38.5. The second kappa shape index (κ2) is 21.6. The number of carbonyl (C=O) groups excluding carboxylic acids is 4. The van der Waals surface area contributed by atoms with Crippen LogP contribution in [0.5, 0.6) is 0 Å². The van der Waals surface area contributed by atoms with Crippen LogP contribution in [-0.4, -0.2) is 105 Å². The second-order valence-corrected chi connectivity index (χ2v) is 18.7. The van der Waals surface area contributed by atoms with Gasteiger partial charge in [-0.05, 0) is 85.5 Å². The van der Waals surface area contributed by atoms with Crippen LogP contribution in [-0.2, 0) is 41.5 Å². The number of β-amino-alcohol motifs (C(OH)–C–C–N with tert-alkyl or cyclic N) is 1. The van der Waals surface area contributed by atoms with E-state index in [9.17, 15) is 24.3 Å². The average Bonchev–Trinajstić information content (AvgIpc) is 3.88. The van der Waals surface area contributed by atoms with Crippen molar-refractivity contribution in [2.75, 3.05) is 33.0 Å². The van der Waals surface area contributed by atoms with Crippen molar-refractivity contribution in [2.45, 2.75) is 112 Å². The quantitative estimate of drug-likeness (QED) is 0.0746. The number of pyridine rings is 1. The molecule has 4 heterocycles. The Bertz CT molecular complexity index is 2510. The number of thiazole rings is 1. The number of halogens is 1. The summed E-state index contributed by atoms with van der Waals surface area (Å²) in [5.41, 5.74) is 7.97. The van der Waals surface area contributed by atoms with E-state index in [0.717, 1.165) is 49.5 Å². The third kappa shape index (κ3) is 12.4. The van der Waals surface area contributed by atoms with Crippen LogP contribution in [0.25, 0.3) is 32.6 Å². The largest absolute Gasteiger partial charge is 0.391 e. The molecular formula is C49H60FN7O7S. The van der Waals surface area contributed by atoms with Crippen molar-refractivity contribution in [3.63, 3.8) is 0 Å². The lowest BCUT2D eigenvalue weighted by Crippen LogP contribution is -2.58. The monoisotopic (exact) mass is 909 g/mol. The fourth-order valence-corrected chi connectivity index (χ4v) is 8.76. The average molecular weight is 910 g/mol. The molecule has 0 aliphatic carbocycles. The van der Waals surface area contributed by atoms with Crippen LogP contribution < -0.4 is 10.6 Å². The van der Waals surface area contributed by atoms with Crippen LogP contribution in [0, 0.1) is 32.0 Å². The normalized spacial score (nSPS) is 16.1. The van der Waals surface area contributed by atoms with Crippen LogP contribution in [0.2, 0.25) is 0 Å². The van der Waals surface area contributed by atoms with Gasteiger partial charge in [0.1, 0.15) is 36.1 Å². The molecule has 346 valence electrons. The lowest BCUT2D eigenvalue weighted by molar-refractivity contribution is -0.144. The number of hydrogen-bond donors (Lipinski definition) is 3. The molecule has 1 fully saturated rings. The topological polar surface area (TPSA) is 186 Å². The van der Waals surface area contributed by atoms with Crippen molar-refractivity contribution >= 4 is 45.9 Å². The van der Waals surface area contributed by atoms with Gasteiger partial charge in [0.05, 0.1) is 41.4 Å². The number of nitrogens with one attached hydrogen (secondary N) is 2. The number of aliphatic hydroxyl groups excluding tert-OH is 1. The van der Waals surface area contributed by atoms with Gasteiger partial charge in [0.25, 0.3) is 0 Å². The van der Waals surface area contributed by atoms with Gasteiger partial charge in [0, 0.05) is 61.7 Å². The first kappa shape index (κ1) is 48.9. The van der Waals surface area contributed by atoms with Gasteiger partial charge in [-0.25, -0.2) is 24.3 Å². The van der Waals surface area contributed by atoms with Crippen LogP contribution >= 0.6 is 11.3 Å². The van der Waals surface area contributed by atoms with E-state index in [4.69, 9.17) is 9.47 Å². The number of fused-ring (bicyclic) bond motifs is 1. The van der Waals surface area contributed by atoms with Crippen molar-refractivity contribution in [3.05, 3.63) is 93.9 Å². The molecule has 5 aromatic rings. The molecule has 1 aliphatic rings. The number of hydrogen-bond acceptors (Lipinski definition) is 12. The maximum absolute atomic E-state index is 15.1. The summed E-state index contributed by atoms with van der Waals surface area (Å²) in [5, 5.41) is 17.2. The molecule has 0 saturated carbocycles. The molecule has 3 aromatic heterocycles. The summed E-state index contributed by atoms with van der Waals surface area (Å²) in [5.74, 6) is -1.23. The number of ketones is 1. The molecule has 0 bridgehead atoms. The van der Waals surface area contributed by atoms with Gasteiger partial charge in [0.15, 0.2) is 5.65 Å². The summed E-state index contributed by atoms with van der Waals surface area (Å²) < 4.78 is 26.3. The molecule has 1 saturated heterocycles. The lowest BCUT2D eigenvalue weighted by Gasteiger charge is -2.35. The molecule has 0 unspecified atom stereocenters. The first-order valence-corrected chi connectivity index (χ1v) is 23.0. The molecule has 0 spiro atoms. The Labute approximate surface area is 383 Å². The third-order valence-electron chi connectivity index (χ3n) is 11.6. The number of carbonyl (C=O) groups is 4. The number of aryl methyl sites for hydroxylation is 4. The summed E-state index contributed by atoms with van der Waals surface area (Å²) in [6, 6.07) is 10.7. The van der Waals surface area contributed by atoms with Gasteiger partial charge in [0.2, 0.25) is 17.7 Å². The SMILES string of the molecule is CCc1ncc2cc(-c3cc(CC(=O)CCCOCCOCC(=O)N[C@@H](C(=O)N4C[C@H](O)C[C@H]4C(=O)N[C@@H](C)c4ccc(-c5scnc5C)cc4)C(C)(C)C)c(F)cc3C)c(C)nc2n1. The minimum absolute atomic E-state index is 0.0417. The molecule has 6 rings (SSSR count). The molecule has 3 N–H and O–H groups in total. The van der Waals surface area contributed by atoms with Crippen molar-refractivity contribution in [3.8, 4) is 21.6 Å². The van der Waals surface area contributed by atoms with Crippen molar-refractivity contribution in [1.29, 1.82) is 0 Å². The summed E-state index contributed by atoms with van der Waals surface area (Å²) in [4.78, 5) is 74.0. The molecule has 3 amide bonds. The van der Waals surface area contributed by atoms with E-state index in [-0.39, 0.29) is 64.1 Å². The summed E-state index contributed by atoms with van der Waals surface area (Å²) in [7, 11) is 0. The van der Waals surface area contributed by atoms with Gasteiger partial charge < -0.3 is 30.1 Å². The zero-order chi connectivity index (χ0) is 47.0. The smallest absolute Gasteiger partial charge is 0.246 e. The van der Waals surface area contributed by atoms with Crippen LogP contribution in [0.4, 0.5) is 4.39 Å². The Morgan fingerprint density at radius 3 is 2.38 bits per heavy atom. The van der Waals surface area contributed by atoms with Crippen molar-refractivity contribution in [2.24, 2.45) is 5.41 Å². The highest BCUT2D eigenvalue weighted by Gasteiger charge is 2.44. The Kier molecular flexibility index (Phi) is 16.3. The van der Waals surface area contributed by atoms with E-state index < -0.39 is 47.1 Å². The van der Waals surface area contributed by atoms with E-state index in [1.54, 1.807) is 29.1 Å². The molecule has 65 heavy (non-hydrogen) atoms. The Balaban J connectivity index is 0.924. The number of aromatic nitrogens is 4. The van der Waals surface area contributed by atoms with Gasteiger partial charge in [-0.3, -0.25) is 19.2 Å². The Morgan fingerprint density at radius 1 is 0.954 bits per heavy atom. The molecule has 2 aromatic carbocycles. The molecule has 16 heteroatoms. The number of benzene rings is 2. The van der Waals surface area contributed by atoms with Gasteiger partial charge >= 0.3 is 0 Å². The lowest BCUT2D eigenvalue weighted by atomic mass is 9.85. The molecule has 1 aliphatic heterocycles. The zero-order valence-corrected chi connectivity index (χ0v) is 39.3. The van der Waals surface area contributed by atoms with Crippen molar-refractivity contribution < 1.29 is 38.1 Å². The van der Waals surface area contributed by atoms with Gasteiger partial charge in [-0.15, -0.1) is 11.3 Å². The fraction of sp³-hybridized carbons (Fsp3) is 0.469. The van der Waals surface area contributed by atoms with E-state index in [0.29, 0.717) is 29.9 Å². The van der Waals surface area contributed by atoms with Crippen LogP contribution in [0.3, 0.4) is 0 Å². The first-order chi connectivity index (χ1) is 30.9. The van der Waals surface area contributed by atoms with Crippen LogP contribution in [0.1, 0.15) is 93.8 Å². The maximum atomic E-state index is 15.1. The van der Waals surface area contributed by atoms with E-state index >= 15 is 4.39 Å². The minimum atomic E-state index is -1.00. The highest BCUT2D eigenvalue weighted by atomic mass is 32.1. The number of nitrogens with zero attached hydrogens (tertiary/aromatic N) is 5. The number of amides is 3. The first-order valence-electron chi connectivity index (χ1n) is 22.1. The number of rotatable bonds is 19. The molecule has 0 radical (unpaired) electrons. The van der Waals surface area contributed by atoms with Gasteiger partial charge in [-0.1, -0.05) is 52.0 Å². The third-order valence-corrected chi connectivity index (χ3v) is 12.6. The Hall–Kier alpha value is -5.55. The standard InChI is InChI=1S/C49H60FN7O7S/c1-9-42-51-24-35-22-39(30(4)53-46(35)55-42)38-21-34(40(50)19-28(38)2)20-36(58)11-10-16-63-17-18-64-26-43(60)56-45(49(6,7)8)48(62)57-25-37(59)23-41(57)47(61)54-29(3)32-12-14-33(15-13-32)44-31(5)52-27-65-44/h12-15,19,21-22,24,27,29,37,41,45,59H,9-11,16-18,20,23,25-26H2,1-8H3,(H,54,61)(H,56,60)/t29-,37+,41-,45-/m0/s1. The molecular weight excluding hydrogens is 850 g/mol. The number of aliphatic hydroxyl groups is 1. The Morgan fingerprint density at radius 2 is 1.69 bits per heavy atom. The fourth-order valence-electron chi connectivity index (χ4n) is 7.95. The summed E-state index contributed by atoms with van der Waals surface area (Å²) in [6.45, 7) is 15.1. The molecule has 14 nitrogen and oxygen atoms in total. The number of ether oxygens (including phenoxy) is 2.